The molecule has 4 aliphatic carbocycles. The van der Waals surface area contributed by atoms with E-state index in [2.05, 4.69) is 29.2 Å². The van der Waals surface area contributed by atoms with Gasteiger partial charge in [0.05, 0.1) is 13.2 Å². The van der Waals surface area contributed by atoms with Crippen molar-refractivity contribution in [1.82, 2.24) is 4.90 Å². The molecule has 4 unspecified atom stereocenters. The lowest BCUT2D eigenvalue weighted by Crippen LogP contribution is -2.41. The molecule has 1 aromatic carbocycles. The lowest BCUT2D eigenvalue weighted by Gasteiger charge is -2.43. The van der Waals surface area contributed by atoms with Gasteiger partial charge in [0.1, 0.15) is 5.75 Å². The van der Waals surface area contributed by atoms with Crippen molar-refractivity contribution in [2.45, 2.75) is 61.9 Å². The number of likely N-dealkylation sites (tertiary alicyclic amines) is 1. The van der Waals surface area contributed by atoms with Crippen LogP contribution in [0.25, 0.3) is 0 Å². The summed E-state index contributed by atoms with van der Waals surface area (Å²) in [6.07, 6.45) is 12.2. The van der Waals surface area contributed by atoms with Crippen LogP contribution in [0.1, 0.15) is 49.7 Å². The smallest absolute Gasteiger partial charge is 0.119 e. The maximum Gasteiger partial charge on any atom is 0.119 e. The molecule has 3 fully saturated rings. The Morgan fingerprint density at radius 1 is 1.30 bits per heavy atom. The third kappa shape index (κ3) is 1.49. The summed E-state index contributed by atoms with van der Waals surface area (Å²) in [5, 5.41) is 0. The van der Waals surface area contributed by atoms with E-state index in [4.69, 9.17) is 4.74 Å². The van der Waals surface area contributed by atoms with Crippen LogP contribution in [0, 0.1) is 5.92 Å². The van der Waals surface area contributed by atoms with Gasteiger partial charge in [-0.15, -0.1) is 0 Å². The molecule has 2 bridgehead atoms. The molecule has 0 aromatic heterocycles. The van der Waals surface area contributed by atoms with Crippen molar-refractivity contribution in [3.63, 3.8) is 0 Å². The molecular weight excluding hydrogens is 282 g/mol. The number of hydrogen-bond acceptors (Lipinski definition) is 2. The molecule has 4 atom stereocenters. The predicted molar refractivity (Wildman–Crippen MR) is 90.9 cm³/mol. The molecule has 1 aromatic rings. The fourth-order valence-corrected chi connectivity index (χ4v) is 6.30. The average molecular weight is 307 g/mol. The Bertz CT molecular complexity index is 733. The number of nitrogens with zero attached hydrogens (tertiary/aromatic N) is 1. The molecule has 0 amide bonds. The average Bonchev–Trinajstić information content (AvgIpc) is 3.47. The molecule has 23 heavy (non-hydrogen) atoms. The van der Waals surface area contributed by atoms with E-state index in [0.717, 1.165) is 17.7 Å². The second-order valence-corrected chi connectivity index (χ2v) is 8.61. The Morgan fingerprint density at radius 2 is 2.22 bits per heavy atom. The number of rotatable bonds is 3. The Hall–Kier alpha value is -1.28. The van der Waals surface area contributed by atoms with Gasteiger partial charge in [-0.2, -0.15) is 0 Å². The number of piperidine rings is 1. The minimum absolute atomic E-state index is 0.352. The van der Waals surface area contributed by atoms with Gasteiger partial charge in [-0.3, -0.25) is 4.90 Å². The van der Waals surface area contributed by atoms with E-state index in [1.165, 1.54) is 51.5 Å². The van der Waals surface area contributed by atoms with Gasteiger partial charge in [0.15, 0.2) is 0 Å². The van der Waals surface area contributed by atoms with Gasteiger partial charge in [-0.1, -0.05) is 12.1 Å². The van der Waals surface area contributed by atoms with Gasteiger partial charge >= 0.3 is 0 Å². The summed E-state index contributed by atoms with van der Waals surface area (Å²) in [6, 6.07) is 7.66. The molecule has 120 valence electrons. The summed E-state index contributed by atoms with van der Waals surface area (Å²) in [7, 11) is 1.80. The lowest BCUT2D eigenvalue weighted by molar-refractivity contribution is 0.261. The standard InChI is InChI=1S/C21H25NO/c1-23-16-8-7-15-11-21-13-20(18(15)10-16)9-3-2-4-17(20)19(21)22(21)12-14-5-6-14/h4,7-8,10,14,19H,2-3,5-6,9,11-13H2,1H3. The SMILES string of the molecule is COc1ccc2c(c1)C13CCCC=C1C1N(CC4CC4)C1(C2)C3. The van der Waals surface area contributed by atoms with E-state index in [9.17, 15) is 0 Å². The number of methoxy groups -OCH3 is 1. The first-order valence-corrected chi connectivity index (χ1v) is 9.42. The predicted octanol–water partition coefficient (Wildman–Crippen LogP) is 3.84. The van der Waals surface area contributed by atoms with E-state index >= 15 is 0 Å². The Morgan fingerprint density at radius 3 is 3.04 bits per heavy atom. The molecule has 2 heteroatoms. The number of benzene rings is 1. The summed E-state index contributed by atoms with van der Waals surface area (Å²) in [5.74, 6) is 2.04. The maximum absolute atomic E-state index is 5.55. The normalized spacial score (nSPS) is 42.4. The second kappa shape index (κ2) is 4.03. The first-order chi connectivity index (χ1) is 11.3. The third-order valence-corrected chi connectivity index (χ3v) is 7.43. The van der Waals surface area contributed by atoms with Gasteiger partial charge in [0, 0.05) is 17.5 Å². The fraction of sp³-hybridized carbons (Fsp3) is 0.619. The van der Waals surface area contributed by atoms with Crippen LogP contribution in [0.15, 0.2) is 29.8 Å². The fourth-order valence-electron chi connectivity index (χ4n) is 6.30. The number of fused-ring (bicyclic) bond motifs is 2. The van der Waals surface area contributed by atoms with E-state index in [1.54, 1.807) is 23.8 Å². The number of hydrogen-bond donors (Lipinski definition) is 0. The topological polar surface area (TPSA) is 12.2 Å². The molecule has 0 N–H and O–H groups in total. The molecule has 0 radical (unpaired) electrons. The van der Waals surface area contributed by atoms with Crippen molar-refractivity contribution in [1.29, 1.82) is 0 Å². The molecule has 5 aliphatic rings. The van der Waals surface area contributed by atoms with Crippen LogP contribution in [0.3, 0.4) is 0 Å². The highest BCUT2D eigenvalue weighted by Gasteiger charge is 2.75. The maximum atomic E-state index is 5.55. The molecule has 1 saturated heterocycles. The minimum atomic E-state index is 0.352. The zero-order valence-corrected chi connectivity index (χ0v) is 14.0. The molecule has 2 saturated carbocycles. The van der Waals surface area contributed by atoms with E-state index in [0.29, 0.717) is 11.0 Å². The highest BCUT2D eigenvalue weighted by Crippen LogP contribution is 2.71. The van der Waals surface area contributed by atoms with E-state index in [1.807, 2.05) is 0 Å². The van der Waals surface area contributed by atoms with E-state index in [-0.39, 0.29) is 0 Å². The summed E-state index contributed by atoms with van der Waals surface area (Å²) >= 11 is 0. The van der Waals surface area contributed by atoms with E-state index < -0.39 is 0 Å². The van der Waals surface area contributed by atoms with Crippen LogP contribution in [-0.4, -0.2) is 30.1 Å². The molecule has 6 rings (SSSR count). The van der Waals surface area contributed by atoms with Crippen molar-refractivity contribution >= 4 is 0 Å². The summed E-state index contributed by atoms with van der Waals surface area (Å²) in [5.41, 5.74) is 5.83. The third-order valence-electron chi connectivity index (χ3n) is 7.43. The van der Waals surface area contributed by atoms with Crippen LogP contribution in [0.4, 0.5) is 0 Å². The Balaban J connectivity index is 1.50. The first kappa shape index (κ1) is 13.1. The zero-order valence-electron chi connectivity index (χ0n) is 14.0. The van der Waals surface area contributed by atoms with Gasteiger partial charge in [-0.05, 0) is 79.7 Å². The Kier molecular flexibility index (Phi) is 2.29. The largest absolute Gasteiger partial charge is 0.497 e. The molecular formula is C21H25NO. The first-order valence-electron chi connectivity index (χ1n) is 9.42. The van der Waals surface area contributed by atoms with Crippen molar-refractivity contribution in [3.05, 3.63) is 41.0 Å². The zero-order chi connectivity index (χ0) is 15.2. The molecule has 2 nitrogen and oxygen atoms in total. The van der Waals surface area contributed by atoms with Crippen LogP contribution >= 0.6 is 0 Å². The summed E-state index contributed by atoms with van der Waals surface area (Å²) in [6.45, 7) is 1.36. The van der Waals surface area contributed by atoms with Gasteiger partial charge in [0.2, 0.25) is 0 Å². The van der Waals surface area contributed by atoms with Crippen molar-refractivity contribution in [2.75, 3.05) is 13.7 Å². The number of allylic oxidation sites excluding steroid dienone is 1. The van der Waals surface area contributed by atoms with Crippen LogP contribution < -0.4 is 4.74 Å². The van der Waals surface area contributed by atoms with Crippen molar-refractivity contribution < 1.29 is 4.74 Å². The Labute approximate surface area is 138 Å². The molecule has 2 spiro atoms. The van der Waals surface area contributed by atoms with Crippen LogP contribution in [0.2, 0.25) is 0 Å². The highest BCUT2D eigenvalue weighted by atomic mass is 16.5. The van der Waals surface area contributed by atoms with Crippen LogP contribution in [-0.2, 0) is 11.8 Å². The van der Waals surface area contributed by atoms with Gasteiger partial charge in [-0.25, -0.2) is 0 Å². The highest BCUT2D eigenvalue weighted by molar-refractivity contribution is 5.61. The molecule has 1 heterocycles. The summed E-state index contributed by atoms with van der Waals surface area (Å²) in [4.78, 5) is 2.88. The second-order valence-electron chi connectivity index (χ2n) is 8.61. The number of ether oxygens (including phenoxy) is 1. The van der Waals surface area contributed by atoms with Crippen molar-refractivity contribution in [3.8, 4) is 5.75 Å². The molecule has 1 aliphatic heterocycles. The van der Waals surface area contributed by atoms with Gasteiger partial charge < -0.3 is 4.74 Å². The summed E-state index contributed by atoms with van der Waals surface area (Å²) < 4.78 is 5.55. The quantitative estimate of drug-likeness (QED) is 0.621. The monoisotopic (exact) mass is 307 g/mol. The van der Waals surface area contributed by atoms with Crippen molar-refractivity contribution in [2.24, 2.45) is 5.92 Å². The van der Waals surface area contributed by atoms with Gasteiger partial charge in [0.25, 0.3) is 0 Å². The lowest BCUT2D eigenvalue weighted by atomic mass is 9.63. The van der Waals surface area contributed by atoms with Crippen LogP contribution in [0.5, 0.6) is 5.75 Å². The minimum Gasteiger partial charge on any atom is -0.497 e.